The highest BCUT2D eigenvalue weighted by molar-refractivity contribution is 5.66. The highest BCUT2D eigenvalue weighted by Gasteiger charge is 2.31. The van der Waals surface area contributed by atoms with Gasteiger partial charge in [-0.1, -0.05) is 0 Å². The fraction of sp³-hybridized carbons (Fsp3) is 0.385. The molecule has 2 aromatic rings. The third-order valence-electron chi connectivity index (χ3n) is 3.06. The molecule has 3 rings (SSSR count). The van der Waals surface area contributed by atoms with Crippen molar-refractivity contribution in [2.24, 2.45) is 0 Å². The van der Waals surface area contributed by atoms with Crippen molar-refractivity contribution in [1.82, 2.24) is 19.9 Å². The zero-order valence-electron chi connectivity index (χ0n) is 10.8. The molecule has 1 saturated carbocycles. The van der Waals surface area contributed by atoms with E-state index in [1.165, 1.54) is 12.4 Å². The third-order valence-corrected chi connectivity index (χ3v) is 3.06. The molecule has 2 heterocycles. The predicted octanol–water partition coefficient (Wildman–Crippen LogP) is 1.83. The second kappa shape index (κ2) is 4.46. The summed E-state index contributed by atoms with van der Waals surface area (Å²) in [5.74, 6) is 1.21. The first-order chi connectivity index (χ1) is 9.19. The van der Waals surface area contributed by atoms with Gasteiger partial charge in [-0.3, -0.25) is 0 Å². The van der Waals surface area contributed by atoms with Gasteiger partial charge < -0.3 is 9.84 Å². The second-order valence-electron chi connectivity index (χ2n) is 4.61. The van der Waals surface area contributed by atoms with E-state index in [0.717, 1.165) is 18.5 Å². The highest BCUT2D eigenvalue weighted by atomic mass is 16.5. The summed E-state index contributed by atoms with van der Waals surface area (Å²) in [5.41, 5.74) is 2.28. The van der Waals surface area contributed by atoms with Gasteiger partial charge in [-0.15, -0.1) is 0 Å². The monoisotopic (exact) mass is 258 g/mol. The van der Waals surface area contributed by atoms with Crippen molar-refractivity contribution < 1.29 is 9.84 Å². The van der Waals surface area contributed by atoms with Gasteiger partial charge in [-0.25, -0.2) is 15.0 Å². The van der Waals surface area contributed by atoms with Crippen LogP contribution in [0.15, 0.2) is 12.4 Å². The van der Waals surface area contributed by atoms with E-state index in [-0.39, 0.29) is 5.88 Å². The number of ether oxygens (including phenoxy) is 1. The van der Waals surface area contributed by atoms with Gasteiger partial charge in [0, 0.05) is 17.7 Å². The quantitative estimate of drug-likeness (QED) is 0.904. The van der Waals surface area contributed by atoms with Gasteiger partial charge in [0.2, 0.25) is 11.8 Å². The van der Waals surface area contributed by atoms with Gasteiger partial charge in [-0.05, 0) is 19.8 Å². The van der Waals surface area contributed by atoms with Crippen LogP contribution in [0, 0.1) is 6.92 Å². The molecule has 0 bridgehead atoms. The number of aromatic hydroxyl groups is 1. The molecule has 1 aliphatic carbocycles. The van der Waals surface area contributed by atoms with Gasteiger partial charge in [0.1, 0.15) is 11.9 Å². The molecule has 0 spiro atoms. The molecular weight excluding hydrogens is 244 g/mol. The normalized spacial score (nSPS) is 14.4. The molecule has 2 aromatic heterocycles. The van der Waals surface area contributed by atoms with Crippen LogP contribution in [0.3, 0.4) is 0 Å². The molecule has 0 unspecified atom stereocenters. The van der Waals surface area contributed by atoms with Crippen LogP contribution in [0.2, 0.25) is 0 Å². The fourth-order valence-corrected chi connectivity index (χ4v) is 2.08. The van der Waals surface area contributed by atoms with Crippen LogP contribution in [0.25, 0.3) is 11.4 Å². The molecule has 1 fully saturated rings. The maximum absolute atomic E-state index is 9.63. The summed E-state index contributed by atoms with van der Waals surface area (Å²) in [6.45, 7) is 1.80. The molecule has 0 aliphatic heterocycles. The molecule has 98 valence electrons. The lowest BCUT2D eigenvalue weighted by molar-refractivity contribution is 0.397. The second-order valence-corrected chi connectivity index (χ2v) is 4.61. The summed E-state index contributed by atoms with van der Waals surface area (Å²) in [4.78, 5) is 16.9. The Balaban J connectivity index is 2.21. The minimum Gasteiger partial charge on any atom is -0.493 e. The first-order valence-electron chi connectivity index (χ1n) is 6.13. The zero-order valence-corrected chi connectivity index (χ0v) is 10.8. The minimum absolute atomic E-state index is 0.0600. The Morgan fingerprint density at radius 1 is 1.26 bits per heavy atom. The van der Waals surface area contributed by atoms with Crippen molar-refractivity contribution in [3.05, 3.63) is 23.8 Å². The number of methoxy groups -OCH3 is 1. The Kier molecular flexibility index (Phi) is 2.77. The molecule has 6 nitrogen and oxygen atoms in total. The molecule has 1 N–H and O–H groups in total. The van der Waals surface area contributed by atoms with E-state index in [1.807, 2.05) is 0 Å². The Morgan fingerprint density at radius 2 is 2.05 bits per heavy atom. The van der Waals surface area contributed by atoms with Crippen LogP contribution < -0.4 is 4.74 Å². The maximum atomic E-state index is 9.63. The highest BCUT2D eigenvalue weighted by Crippen LogP contribution is 2.44. The number of hydrogen-bond acceptors (Lipinski definition) is 6. The summed E-state index contributed by atoms with van der Waals surface area (Å²) in [6.07, 6.45) is 3.70. The van der Waals surface area contributed by atoms with Crippen molar-refractivity contribution in [3.8, 4) is 23.1 Å². The average Bonchev–Trinajstić information content (AvgIpc) is 3.20. The van der Waals surface area contributed by atoms with Crippen molar-refractivity contribution in [1.29, 1.82) is 0 Å². The van der Waals surface area contributed by atoms with Crippen molar-refractivity contribution in [2.75, 3.05) is 7.11 Å². The fourth-order valence-electron chi connectivity index (χ4n) is 2.08. The first-order valence-corrected chi connectivity index (χ1v) is 6.13. The van der Waals surface area contributed by atoms with Crippen LogP contribution in [0.4, 0.5) is 0 Å². The standard InChI is InChI=1S/C13H14N4O2/c1-7-5-9(18)17-12(16-7)10-11(8-3-4-8)14-6-15-13(10)19-2/h5-6,8H,3-4H2,1-2H3,(H,16,17,18). The van der Waals surface area contributed by atoms with Gasteiger partial charge in [0.05, 0.1) is 12.8 Å². The average molecular weight is 258 g/mol. The van der Waals surface area contributed by atoms with Gasteiger partial charge in [0.25, 0.3) is 0 Å². The largest absolute Gasteiger partial charge is 0.493 e. The molecular formula is C13H14N4O2. The van der Waals surface area contributed by atoms with E-state index in [4.69, 9.17) is 4.74 Å². The van der Waals surface area contributed by atoms with Crippen LogP contribution in [0.5, 0.6) is 11.8 Å². The van der Waals surface area contributed by atoms with Crippen molar-refractivity contribution in [3.63, 3.8) is 0 Å². The molecule has 0 saturated heterocycles. The van der Waals surface area contributed by atoms with E-state index < -0.39 is 0 Å². The third kappa shape index (κ3) is 2.21. The molecule has 0 amide bonds. The van der Waals surface area contributed by atoms with Crippen molar-refractivity contribution >= 4 is 0 Å². The Hall–Kier alpha value is -2.24. The molecule has 1 aliphatic rings. The molecule has 6 heteroatoms. The molecule has 0 radical (unpaired) electrons. The van der Waals surface area contributed by atoms with Crippen LogP contribution in [0.1, 0.15) is 30.1 Å². The lowest BCUT2D eigenvalue weighted by Gasteiger charge is -2.10. The maximum Gasteiger partial charge on any atom is 0.227 e. The number of aromatic nitrogens is 4. The smallest absolute Gasteiger partial charge is 0.227 e. The van der Waals surface area contributed by atoms with Gasteiger partial charge >= 0.3 is 0 Å². The lowest BCUT2D eigenvalue weighted by atomic mass is 10.1. The topological polar surface area (TPSA) is 81.0 Å². The molecule has 0 aromatic carbocycles. The van der Waals surface area contributed by atoms with E-state index in [9.17, 15) is 5.11 Å². The van der Waals surface area contributed by atoms with E-state index in [0.29, 0.717) is 28.9 Å². The predicted molar refractivity (Wildman–Crippen MR) is 68.0 cm³/mol. The SMILES string of the molecule is COc1ncnc(C2CC2)c1-c1nc(C)cc(O)n1. The minimum atomic E-state index is -0.0600. The zero-order chi connectivity index (χ0) is 13.4. The van der Waals surface area contributed by atoms with E-state index in [1.54, 1.807) is 14.0 Å². The number of aryl methyl sites for hydroxylation is 1. The first kappa shape index (κ1) is 11.8. The van der Waals surface area contributed by atoms with Gasteiger partial charge in [0.15, 0.2) is 5.82 Å². The van der Waals surface area contributed by atoms with E-state index >= 15 is 0 Å². The summed E-state index contributed by atoms with van der Waals surface area (Å²) in [6, 6.07) is 1.51. The Bertz CT molecular complexity index is 606. The lowest BCUT2D eigenvalue weighted by Crippen LogP contribution is -2.02. The summed E-state index contributed by atoms with van der Waals surface area (Å²) in [7, 11) is 1.55. The number of nitrogens with zero attached hydrogens (tertiary/aromatic N) is 4. The van der Waals surface area contributed by atoms with Crippen LogP contribution in [-0.4, -0.2) is 32.2 Å². The number of hydrogen-bond donors (Lipinski definition) is 1. The van der Waals surface area contributed by atoms with Gasteiger partial charge in [-0.2, -0.15) is 4.98 Å². The summed E-state index contributed by atoms with van der Waals surface area (Å²) in [5, 5.41) is 9.63. The van der Waals surface area contributed by atoms with Crippen LogP contribution in [-0.2, 0) is 0 Å². The summed E-state index contributed by atoms with van der Waals surface area (Å²) < 4.78 is 5.29. The van der Waals surface area contributed by atoms with Crippen molar-refractivity contribution in [2.45, 2.75) is 25.7 Å². The molecule has 19 heavy (non-hydrogen) atoms. The van der Waals surface area contributed by atoms with Crippen LogP contribution >= 0.6 is 0 Å². The summed E-state index contributed by atoms with van der Waals surface area (Å²) >= 11 is 0. The Labute approximate surface area is 110 Å². The molecule has 0 atom stereocenters. The Morgan fingerprint density at radius 3 is 2.68 bits per heavy atom. The number of rotatable bonds is 3. The van der Waals surface area contributed by atoms with E-state index in [2.05, 4.69) is 19.9 Å².